The molecule has 0 bridgehead atoms. The topological polar surface area (TPSA) is 102 Å². The molecule has 11 heteroatoms. The van der Waals surface area contributed by atoms with Gasteiger partial charge in [0.15, 0.2) is 11.5 Å². The molecule has 0 saturated carbocycles. The highest BCUT2D eigenvalue weighted by molar-refractivity contribution is 6.13. The number of benzene rings is 4. The Morgan fingerprint density at radius 2 is 1.59 bits per heavy atom. The van der Waals surface area contributed by atoms with Crippen LogP contribution < -0.4 is 14.4 Å². The number of carbonyl (C=O) groups excluding carboxylic acids is 2. The zero-order valence-corrected chi connectivity index (χ0v) is 32.7. The molecule has 1 saturated heterocycles. The Labute approximate surface area is 337 Å². The van der Waals surface area contributed by atoms with Crippen molar-refractivity contribution >= 4 is 34.1 Å². The van der Waals surface area contributed by atoms with Gasteiger partial charge in [0.25, 0.3) is 11.8 Å². The maximum Gasteiger partial charge on any atom is 0.264 e. The van der Waals surface area contributed by atoms with Crippen molar-refractivity contribution < 1.29 is 28.9 Å². The molecule has 4 aliphatic rings. The average Bonchev–Trinajstić information content (AvgIpc) is 4.00. The molecule has 10 rings (SSSR count). The van der Waals surface area contributed by atoms with E-state index in [1.54, 1.807) is 29.2 Å². The van der Waals surface area contributed by atoms with Crippen LogP contribution in [0.25, 0.3) is 22.2 Å². The van der Waals surface area contributed by atoms with E-state index in [-0.39, 0.29) is 30.4 Å². The molecule has 6 aromatic rings. The van der Waals surface area contributed by atoms with Crippen LogP contribution in [0.15, 0.2) is 97.2 Å². The lowest BCUT2D eigenvalue weighted by atomic mass is 9.93. The molecule has 2 aromatic heterocycles. The number of hydrogen-bond donors (Lipinski definition) is 1. The van der Waals surface area contributed by atoms with Gasteiger partial charge in [0.05, 0.1) is 24.3 Å². The van der Waals surface area contributed by atoms with Crippen molar-refractivity contribution in [3.8, 4) is 28.5 Å². The number of carbonyl (C=O) groups is 2. The Morgan fingerprint density at radius 3 is 2.41 bits per heavy atom. The number of ether oxygens (including phenoxy) is 3. The summed E-state index contributed by atoms with van der Waals surface area (Å²) in [5, 5.41) is 11.3. The first-order chi connectivity index (χ1) is 28.4. The monoisotopic (exact) mass is 777 g/mol. The SMILES string of the molecule is C[C@@H]1Cc2ccccc2CN1C(=O)c1cc2c(cc1-c1cc(C(=O)N(c3ccc(O)cc3)c3ccc4c(ccn4CCN4CCOCC4)c3)c3n1CCCC3)OCO2. The normalized spacial score (nSPS) is 17.6. The summed E-state index contributed by atoms with van der Waals surface area (Å²) in [6.45, 7) is 8.65. The molecule has 1 fully saturated rings. The minimum Gasteiger partial charge on any atom is -0.508 e. The average molecular weight is 778 g/mol. The van der Waals surface area contributed by atoms with Gasteiger partial charge in [-0.3, -0.25) is 19.4 Å². The molecular formula is C47H47N5O6. The number of rotatable bonds is 8. The Bertz CT molecular complexity index is 2530. The standard InChI is InChI=1S/C47H47N5O6/c1-31-24-32-6-2-3-7-34(32)29-51(31)46(54)39-28-45-44(57-30-58-45)27-38(39)43-26-40(42-8-4-5-16-50(42)43)47(55)52(35-9-12-37(53)13-10-35)36-11-14-41-33(25-36)15-17-49(41)19-18-48-20-22-56-23-21-48/h2-3,6-7,9-15,17,25-28,31,53H,4-5,8,16,18-24,29-30H2,1H3/t31-/m1/s1. The number of anilines is 2. The number of hydrogen-bond acceptors (Lipinski definition) is 7. The molecule has 296 valence electrons. The molecule has 0 unspecified atom stereocenters. The van der Waals surface area contributed by atoms with E-state index in [0.29, 0.717) is 34.9 Å². The predicted molar refractivity (Wildman–Crippen MR) is 222 cm³/mol. The van der Waals surface area contributed by atoms with Crippen LogP contribution >= 0.6 is 0 Å². The lowest BCUT2D eigenvalue weighted by Gasteiger charge is -2.35. The summed E-state index contributed by atoms with van der Waals surface area (Å²) < 4.78 is 21.8. The highest BCUT2D eigenvalue weighted by Crippen LogP contribution is 2.43. The van der Waals surface area contributed by atoms with Crippen LogP contribution in [-0.4, -0.2) is 81.5 Å². The number of fused-ring (bicyclic) bond motifs is 4. The second-order valence-electron chi connectivity index (χ2n) is 15.9. The van der Waals surface area contributed by atoms with Crippen LogP contribution in [0, 0.1) is 0 Å². The van der Waals surface area contributed by atoms with E-state index in [4.69, 9.17) is 14.2 Å². The molecule has 1 N–H and O–H groups in total. The van der Waals surface area contributed by atoms with Gasteiger partial charge in [-0.1, -0.05) is 24.3 Å². The summed E-state index contributed by atoms with van der Waals surface area (Å²) in [5.41, 5.74) is 8.48. The van der Waals surface area contributed by atoms with Gasteiger partial charge in [0.2, 0.25) is 6.79 Å². The second-order valence-corrected chi connectivity index (χ2v) is 15.9. The lowest BCUT2D eigenvalue weighted by Crippen LogP contribution is -2.42. The van der Waals surface area contributed by atoms with E-state index in [1.807, 2.05) is 35.2 Å². The highest BCUT2D eigenvalue weighted by Gasteiger charge is 2.34. The van der Waals surface area contributed by atoms with Crippen LogP contribution in [0.2, 0.25) is 0 Å². The zero-order chi connectivity index (χ0) is 39.3. The third-order valence-corrected chi connectivity index (χ3v) is 12.4. The summed E-state index contributed by atoms with van der Waals surface area (Å²) in [5.74, 6) is 0.995. The Morgan fingerprint density at radius 1 is 0.810 bits per heavy atom. The number of nitrogens with zero attached hydrogens (tertiary/aromatic N) is 5. The Hall–Kier alpha value is -6.04. The third-order valence-electron chi connectivity index (χ3n) is 12.4. The van der Waals surface area contributed by atoms with Gasteiger partial charge in [-0.05, 0) is 110 Å². The van der Waals surface area contributed by atoms with Gasteiger partial charge in [0.1, 0.15) is 5.75 Å². The maximum atomic E-state index is 15.3. The van der Waals surface area contributed by atoms with Gasteiger partial charge in [-0.2, -0.15) is 0 Å². The number of morpholine rings is 1. The van der Waals surface area contributed by atoms with Crippen LogP contribution in [0.1, 0.15) is 57.3 Å². The fourth-order valence-electron chi connectivity index (χ4n) is 9.22. The molecule has 6 heterocycles. The zero-order valence-electron chi connectivity index (χ0n) is 32.7. The predicted octanol–water partition coefficient (Wildman–Crippen LogP) is 7.78. The molecular weight excluding hydrogens is 731 g/mol. The van der Waals surface area contributed by atoms with Crippen molar-refractivity contribution in [2.75, 3.05) is 44.5 Å². The summed E-state index contributed by atoms with van der Waals surface area (Å²) >= 11 is 0. The van der Waals surface area contributed by atoms with Gasteiger partial charge in [0, 0.05) is 90.7 Å². The van der Waals surface area contributed by atoms with E-state index < -0.39 is 0 Å². The van der Waals surface area contributed by atoms with Crippen LogP contribution in [0.4, 0.5) is 11.4 Å². The van der Waals surface area contributed by atoms with Gasteiger partial charge in [-0.15, -0.1) is 0 Å². The second kappa shape index (κ2) is 15.0. The van der Waals surface area contributed by atoms with Crippen molar-refractivity contribution in [2.24, 2.45) is 0 Å². The lowest BCUT2D eigenvalue weighted by molar-refractivity contribution is 0.0365. The number of aromatic hydroxyl groups is 1. The summed E-state index contributed by atoms with van der Waals surface area (Å²) in [6, 6.07) is 29.1. The summed E-state index contributed by atoms with van der Waals surface area (Å²) in [7, 11) is 0. The Kier molecular flexibility index (Phi) is 9.42. The quantitative estimate of drug-likeness (QED) is 0.169. The third kappa shape index (κ3) is 6.57. The number of aromatic nitrogens is 2. The molecule has 2 amide bonds. The molecule has 1 atom stereocenters. The fourth-order valence-corrected chi connectivity index (χ4v) is 9.22. The smallest absolute Gasteiger partial charge is 0.264 e. The van der Waals surface area contributed by atoms with Crippen LogP contribution in [0.5, 0.6) is 17.2 Å². The van der Waals surface area contributed by atoms with Crippen molar-refractivity contribution in [3.63, 3.8) is 0 Å². The molecule has 11 nitrogen and oxygen atoms in total. The number of amides is 2. The van der Waals surface area contributed by atoms with Crippen molar-refractivity contribution in [3.05, 3.63) is 125 Å². The molecule has 0 spiro atoms. The van der Waals surface area contributed by atoms with Crippen LogP contribution in [-0.2, 0) is 37.2 Å². The van der Waals surface area contributed by atoms with Crippen molar-refractivity contribution in [1.29, 1.82) is 0 Å². The van der Waals surface area contributed by atoms with Crippen LogP contribution in [0.3, 0.4) is 0 Å². The summed E-state index contributed by atoms with van der Waals surface area (Å²) in [4.78, 5) is 36.2. The maximum absolute atomic E-state index is 15.3. The largest absolute Gasteiger partial charge is 0.508 e. The number of phenolic OH excluding ortho intramolecular Hbond substituents is 1. The molecule has 0 radical (unpaired) electrons. The Balaban J connectivity index is 1.04. The molecule has 58 heavy (non-hydrogen) atoms. The van der Waals surface area contributed by atoms with Crippen molar-refractivity contribution in [2.45, 2.75) is 58.3 Å². The molecule has 4 aliphatic heterocycles. The minimum absolute atomic E-state index is 0.00285. The minimum atomic E-state index is -0.177. The fraction of sp³-hybridized carbons (Fsp3) is 0.319. The molecule has 0 aliphatic carbocycles. The van der Waals surface area contributed by atoms with E-state index >= 15 is 4.79 Å². The van der Waals surface area contributed by atoms with E-state index in [2.05, 4.69) is 63.6 Å². The van der Waals surface area contributed by atoms with E-state index in [0.717, 1.165) is 111 Å². The number of phenols is 1. The van der Waals surface area contributed by atoms with Crippen molar-refractivity contribution in [1.82, 2.24) is 18.9 Å². The first-order valence-corrected chi connectivity index (χ1v) is 20.5. The van der Waals surface area contributed by atoms with E-state index in [1.165, 1.54) is 5.56 Å². The first-order valence-electron chi connectivity index (χ1n) is 20.5. The first kappa shape index (κ1) is 36.3. The summed E-state index contributed by atoms with van der Waals surface area (Å²) in [6.07, 6.45) is 5.52. The van der Waals surface area contributed by atoms with Gasteiger partial charge >= 0.3 is 0 Å². The van der Waals surface area contributed by atoms with E-state index in [9.17, 15) is 9.90 Å². The van der Waals surface area contributed by atoms with Gasteiger partial charge in [-0.25, -0.2) is 0 Å². The molecule has 4 aromatic carbocycles. The highest BCUT2D eigenvalue weighted by atomic mass is 16.7. The van der Waals surface area contributed by atoms with Gasteiger partial charge < -0.3 is 33.4 Å².